The molecule has 0 saturated heterocycles. The van der Waals surface area contributed by atoms with Crippen LogP contribution in [0.25, 0.3) is 0 Å². The Bertz CT molecular complexity index is 307. The quantitative estimate of drug-likeness (QED) is 0.756. The van der Waals surface area contributed by atoms with Crippen molar-refractivity contribution in [2.75, 3.05) is 27.7 Å². The number of halogens is 1. The molecule has 0 fully saturated rings. The van der Waals surface area contributed by atoms with Gasteiger partial charge in [-0.2, -0.15) is 0 Å². The third-order valence-corrected chi connectivity index (χ3v) is 3.16. The minimum atomic E-state index is 0. The van der Waals surface area contributed by atoms with E-state index in [9.17, 15) is 0 Å². The highest BCUT2D eigenvalue weighted by Crippen LogP contribution is 2.31. The summed E-state index contributed by atoms with van der Waals surface area (Å²) in [5, 5.41) is 0.566. The highest BCUT2D eigenvalue weighted by Gasteiger charge is 2.08. The summed E-state index contributed by atoms with van der Waals surface area (Å²) in [6.07, 6.45) is 0. The summed E-state index contributed by atoms with van der Waals surface area (Å²) in [5.41, 5.74) is 0. The number of hydrogen-bond acceptors (Lipinski definition) is 3. The fraction of sp³-hybridized carbons (Fsp3) is 0.500. The average molecular weight is 262 g/mol. The van der Waals surface area contributed by atoms with E-state index in [0.29, 0.717) is 5.25 Å². The number of thioether (sulfide) groups is 1. The Morgan fingerprint density at radius 2 is 1.94 bits per heavy atom. The van der Waals surface area contributed by atoms with Crippen LogP contribution in [0.3, 0.4) is 0 Å². The molecule has 4 heteroatoms. The molecule has 1 aromatic rings. The summed E-state index contributed by atoms with van der Waals surface area (Å²) in [6, 6.07) is 8.16. The number of para-hydroxylation sites is 1. The van der Waals surface area contributed by atoms with Crippen molar-refractivity contribution in [1.29, 1.82) is 0 Å². The number of benzene rings is 1. The SMILES string of the molecule is COc1ccccc1SC(C)CN(C)C.Cl. The molecule has 0 aliphatic carbocycles. The maximum Gasteiger partial charge on any atom is 0.132 e. The molecule has 0 radical (unpaired) electrons. The smallest absolute Gasteiger partial charge is 0.132 e. The van der Waals surface area contributed by atoms with Crippen LogP contribution in [0.15, 0.2) is 29.2 Å². The van der Waals surface area contributed by atoms with E-state index in [1.54, 1.807) is 7.11 Å². The Morgan fingerprint density at radius 3 is 2.50 bits per heavy atom. The van der Waals surface area contributed by atoms with Crippen LogP contribution in [-0.4, -0.2) is 37.9 Å². The summed E-state index contributed by atoms with van der Waals surface area (Å²) < 4.78 is 5.32. The average Bonchev–Trinajstić information content (AvgIpc) is 2.17. The summed E-state index contributed by atoms with van der Waals surface area (Å²) in [5.74, 6) is 0.966. The van der Waals surface area contributed by atoms with Crippen LogP contribution in [0.5, 0.6) is 5.75 Å². The third kappa shape index (κ3) is 5.10. The van der Waals surface area contributed by atoms with Gasteiger partial charge in [-0.3, -0.25) is 0 Å². The van der Waals surface area contributed by atoms with Gasteiger partial charge in [0.25, 0.3) is 0 Å². The van der Waals surface area contributed by atoms with E-state index in [4.69, 9.17) is 4.74 Å². The van der Waals surface area contributed by atoms with Gasteiger partial charge in [0.1, 0.15) is 5.75 Å². The zero-order chi connectivity index (χ0) is 11.3. The van der Waals surface area contributed by atoms with Gasteiger partial charge in [-0.05, 0) is 26.2 Å². The molecule has 0 N–H and O–H groups in total. The zero-order valence-electron chi connectivity index (χ0n) is 10.3. The first kappa shape index (κ1) is 15.6. The summed E-state index contributed by atoms with van der Waals surface area (Å²) in [7, 11) is 5.91. The van der Waals surface area contributed by atoms with E-state index in [1.807, 2.05) is 30.0 Å². The predicted molar refractivity (Wildman–Crippen MR) is 74.1 cm³/mol. The lowest BCUT2D eigenvalue weighted by molar-refractivity contribution is 0.403. The van der Waals surface area contributed by atoms with E-state index < -0.39 is 0 Å². The van der Waals surface area contributed by atoms with Crippen LogP contribution in [0.1, 0.15) is 6.92 Å². The van der Waals surface area contributed by atoms with Gasteiger partial charge in [0.15, 0.2) is 0 Å². The maximum absolute atomic E-state index is 5.32. The van der Waals surface area contributed by atoms with Crippen molar-refractivity contribution in [3.63, 3.8) is 0 Å². The molecule has 0 heterocycles. The maximum atomic E-state index is 5.32. The Kier molecular flexibility index (Phi) is 7.64. The molecule has 16 heavy (non-hydrogen) atoms. The first-order chi connectivity index (χ1) is 7.13. The minimum absolute atomic E-state index is 0. The minimum Gasteiger partial charge on any atom is -0.496 e. The second kappa shape index (κ2) is 7.82. The van der Waals surface area contributed by atoms with Gasteiger partial charge in [0.2, 0.25) is 0 Å². The van der Waals surface area contributed by atoms with Crippen molar-refractivity contribution >= 4 is 24.2 Å². The lowest BCUT2D eigenvalue weighted by atomic mass is 10.3. The van der Waals surface area contributed by atoms with Gasteiger partial charge in [0, 0.05) is 16.7 Å². The van der Waals surface area contributed by atoms with E-state index in [-0.39, 0.29) is 12.4 Å². The zero-order valence-corrected chi connectivity index (χ0v) is 11.9. The fourth-order valence-electron chi connectivity index (χ4n) is 1.48. The third-order valence-electron chi connectivity index (χ3n) is 2.02. The normalized spacial score (nSPS) is 12.1. The molecule has 92 valence electrons. The Balaban J connectivity index is 0.00000225. The predicted octanol–water partition coefficient (Wildman–Crippen LogP) is 3.16. The van der Waals surface area contributed by atoms with Crippen LogP contribution < -0.4 is 4.74 Å². The number of nitrogens with zero attached hydrogens (tertiary/aromatic N) is 1. The highest BCUT2D eigenvalue weighted by molar-refractivity contribution is 8.00. The van der Waals surface area contributed by atoms with Gasteiger partial charge >= 0.3 is 0 Å². The Labute approximate surface area is 109 Å². The summed E-state index contributed by atoms with van der Waals surface area (Å²) in [4.78, 5) is 3.42. The molecule has 1 rings (SSSR count). The first-order valence-corrected chi connectivity index (χ1v) is 5.96. The summed E-state index contributed by atoms with van der Waals surface area (Å²) >= 11 is 1.86. The monoisotopic (exact) mass is 261 g/mol. The molecule has 0 aromatic heterocycles. The van der Waals surface area contributed by atoms with Crippen LogP contribution in [0.2, 0.25) is 0 Å². The molecule has 1 atom stereocenters. The molecule has 0 saturated carbocycles. The Morgan fingerprint density at radius 1 is 1.31 bits per heavy atom. The lowest BCUT2D eigenvalue weighted by Crippen LogP contribution is -2.21. The molecule has 0 spiro atoms. The molecule has 2 nitrogen and oxygen atoms in total. The second-order valence-electron chi connectivity index (χ2n) is 3.84. The molecular weight excluding hydrogens is 242 g/mol. The standard InChI is InChI=1S/C12H19NOS.ClH/c1-10(9-13(2)3)15-12-8-6-5-7-11(12)14-4;/h5-8,10H,9H2,1-4H3;1H. The molecule has 0 aliphatic rings. The van der Waals surface area contributed by atoms with Crippen molar-refractivity contribution in [2.45, 2.75) is 17.1 Å². The number of methoxy groups -OCH3 is 1. The van der Waals surface area contributed by atoms with Crippen LogP contribution in [0, 0.1) is 0 Å². The fourth-order valence-corrected chi connectivity index (χ4v) is 2.72. The van der Waals surface area contributed by atoms with Crippen molar-refractivity contribution in [2.24, 2.45) is 0 Å². The van der Waals surface area contributed by atoms with Gasteiger partial charge in [-0.25, -0.2) is 0 Å². The number of rotatable bonds is 5. The number of ether oxygens (including phenoxy) is 1. The largest absolute Gasteiger partial charge is 0.496 e. The van der Waals surface area contributed by atoms with Crippen molar-refractivity contribution in [1.82, 2.24) is 4.90 Å². The lowest BCUT2D eigenvalue weighted by Gasteiger charge is -2.17. The first-order valence-electron chi connectivity index (χ1n) is 5.08. The molecular formula is C12H20ClNOS. The van der Waals surface area contributed by atoms with Crippen molar-refractivity contribution in [3.05, 3.63) is 24.3 Å². The van der Waals surface area contributed by atoms with Crippen LogP contribution >= 0.6 is 24.2 Å². The van der Waals surface area contributed by atoms with Crippen LogP contribution in [-0.2, 0) is 0 Å². The molecule has 0 aliphatic heterocycles. The molecule has 1 aromatic carbocycles. The second-order valence-corrected chi connectivity index (χ2v) is 5.32. The van der Waals surface area contributed by atoms with Gasteiger partial charge in [-0.15, -0.1) is 24.2 Å². The molecule has 0 bridgehead atoms. The van der Waals surface area contributed by atoms with Crippen LogP contribution in [0.4, 0.5) is 0 Å². The van der Waals surface area contributed by atoms with Crippen molar-refractivity contribution < 1.29 is 4.74 Å². The summed E-state index contributed by atoms with van der Waals surface area (Å²) in [6.45, 7) is 3.31. The van der Waals surface area contributed by atoms with Gasteiger partial charge in [-0.1, -0.05) is 19.1 Å². The molecule has 0 amide bonds. The topological polar surface area (TPSA) is 12.5 Å². The number of hydrogen-bond donors (Lipinski definition) is 0. The van der Waals surface area contributed by atoms with Crippen molar-refractivity contribution in [3.8, 4) is 5.75 Å². The van der Waals surface area contributed by atoms with E-state index in [2.05, 4.69) is 32.0 Å². The van der Waals surface area contributed by atoms with E-state index in [1.165, 1.54) is 4.90 Å². The van der Waals surface area contributed by atoms with Gasteiger partial charge in [0.05, 0.1) is 7.11 Å². The Hall–Kier alpha value is -0.380. The highest BCUT2D eigenvalue weighted by atomic mass is 35.5. The molecule has 1 unspecified atom stereocenters. The van der Waals surface area contributed by atoms with Gasteiger partial charge < -0.3 is 9.64 Å². The van der Waals surface area contributed by atoms with E-state index >= 15 is 0 Å². The van der Waals surface area contributed by atoms with E-state index in [0.717, 1.165) is 12.3 Å².